The average Bonchev–Trinajstić information content (AvgIpc) is 2.96. The van der Waals surface area contributed by atoms with Crippen LogP contribution in [0.4, 0.5) is 4.39 Å². The summed E-state index contributed by atoms with van der Waals surface area (Å²) in [6.07, 6.45) is 5.52. The van der Waals surface area contributed by atoms with Gasteiger partial charge in [-0.05, 0) is 43.9 Å². The number of aliphatic hydroxyl groups excluding tert-OH is 1. The number of aromatic nitrogens is 2. The smallest absolute Gasteiger partial charge is 0.271 e. The standard InChI is InChI=1S/C19H22FN3O2/c1-13-10-22-16(11-21-13)18(25)23-12-19(8-2-3-17(19)24)9-14-4-6-15(20)7-5-14/h4-7,10-11,17,24H,2-3,8-9,12H2,1H3,(H,23,25)/t17-,19+/m1/s1. The highest BCUT2D eigenvalue weighted by atomic mass is 19.1. The van der Waals surface area contributed by atoms with Crippen LogP contribution in [0.1, 0.15) is 41.0 Å². The maximum atomic E-state index is 13.1. The summed E-state index contributed by atoms with van der Waals surface area (Å²) in [5, 5.41) is 13.4. The molecule has 5 nitrogen and oxygen atoms in total. The van der Waals surface area contributed by atoms with Gasteiger partial charge in [0.05, 0.1) is 18.0 Å². The normalized spacial score (nSPS) is 22.8. The molecule has 2 atom stereocenters. The van der Waals surface area contributed by atoms with E-state index in [1.165, 1.54) is 18.3 Å². The second kappa shape index (κ2) is 7.27. The number of carbonyl (C=O) groups excluding carboxylic acids is 1. The third kappa shape index (κ3) is 4.02. The minimum atomic E-state index is -0.498. The van der Waals surface area contributed by atoms with Crippen molar-refractivity contribution in [1.29, 1.82) is 0 Å². The van der Waals surface area contributed by atoms with Crippen LogP contribution in [0.25, 0.3) is 0 Å². The number of nitrogens with one attached hydrogen (secondary N) is 1. The molecule has 1 aromatic carbocycles. The zero-order chi connectivity index (χ0) is 17.9. The first kappa shape index (κ1) is 17.5. The van der Waals surface area contributed by atoms with E-state index in [1.807, 2.05) is 0 Å². The van der Waals surface area contributed by atoms with Crippen molar-refractivity contribution < 1.29 is 14.3 Å². The minimum absolute atomic E-state index is 0.259. The molecule has 25 heavy (non-hydrogen) atoms. The number of hydrogen-bond acceptors (Lipinski definition) is 4. The molecular weight excluding hydrogens is 321 g/mol. The fourth-order valence-corrected chi connectivity index (χ4v) is 3.46. The van der Waals surface area contributed by atoms with Gasteiger partial charge in [-0.15, -0.1) is 0 Å². The Bertz CT molecular complexity index is 733. The molecule has 1 aromatic heterocycles. The number of halogens is 1. The number of nitrogens with zero attached hydrogens (tertiary/aromatic N) is 2. The average molecular weight is 343 g/mol. The molecule has 0 aliphatic heterocycles. The summed E-state index contributed by atoms with van der Waals surface area (Å²) < 4.78 is 13.1. The molecule has 132 valence electrons. The van der Waals surface area contributed by atoms with Crippen molar-refractivity contribution in [2.75, 3.05) is 6.54 Å². The van der Waals surface area contributed by atoms with Crippen LogP contribution in [-0.4, -0.2) is 33.6 Å². The number of carbonyl (C=O) groups is 1. The van der Waals surface area contributed by atoms with E-state index in [0.717, 1.165) is 24.1 Å². The van der Waals surface area contributed by atoms with Crippen molar-refractivity contribution in [2.45, 2.75) is 38.7 Å². The van der Waals surface area contributed by atoms with Gasteiger partial charge in [0, 0.05) is 18.2 Å². The molecule has 0 unspecified atom stereocenters. The molecule has 1 fully saturated rings. The van der Waals surface area contributed by atoms with Gasteiger partial charge in [0.1, 0.15) is 11.5 Å². The third-order valence-corrected chi connectivity index (χ3v) is 4.94. The second-order valence-corrected chi connectivity index (χ2v) is 6.80. The van der Waals surface area contributed by atoms with Crippen molar-refractivity contribution in [1.82, 2.24) is 15.3 Å². The van der Waals surface area contributed by atoms with E-state index in [4.69, 9.17) is 0 Å². The van der Waals surface area contributed by atoms with Gasteiger partial charge in [-0.1, -0.05) is 18.6 Å². The van der Waals surface area contributed by atoms with Gasteiger partial charge in [0.25, 0.3) is 5.91 Å². The molecule has 0 radical (unpaired) electrons. The Morgan fingerprint density at radius 3 is 2.68 bits per heavy atom. The van der Waals surface area contributed by atoms with Crippen LogP contribution in [0.15, 0.2) is 36.7 Å². The third-order valence-electron chi connectivity index (χ3n) is 4.94. The highest BCUT2D eigenvalue weighted by molar-refractivity contribution is 5.91. The topological polar surface area (TPSA) is 75.1 Å². The quantitative estimate of drug-likeness (QED) is 0.874. The number of benzene rings is 1. The van der Waals surface area contributed by atoms with Gasteiger partial charge in [-0.2, -0.15) is 0 Å². The summed E-state index contributed by atoms with van der Waals surface area (Å²) in [4.78, 5) is 20.5. The predicted octanol–water partition coefficient (Wildman–Crippen LogP) is 2.43. The van der Waals surface area contributed by atoms with E-state index < -0.39 is 11.5 Å². The van der Waals surface area contributed by atoms with E-state index in [0.29, 0.717) is 19.4 Å². The number of hydrogen-bond donors (Lipinski definition) is 2. The lowest BCUT2D eigenvalue weighted by Gasteiger charge is -2.33. The molecule has 3 rings (SSSR count). The molecule has 1 aliphatic carbocycles. The number of aliphatic hydroxyl groups is 1. The van der Waals surface area contributed by atoms with Crippen LogP contribution in [-0.2, 0) is 6.42 Å². The predicted molar refractivity (Wildman–Crippen MR) is 91.5 cm³/mol. The van der Waals surface area contributed by atoms with E-state index >= 15 is 0 Å². The lowest BCUT2D eigenvalue weighted by atomic mass is 9.78. The molecule has 1 amide bonds. The number of aryl methyl sites for hydroxylation is 1. The van der Waals surface area contributed by atoms with Crippen LogP contribution < -0.4 is 5.32 Å². The van der Waals surface area contributed by atoms with Crippen molar-refractivity contribution >= 4 is 5.91 Å². The Morgan fingerprint density at radius 1 is 1.32 bits per heavy atom. The monoisotopic (exact) mass is 343 g/mol. The first-order valence-corrected chi connectivity index (χ1v) is 8.48. The Balaban J connectivity index is 1.71. The summed E-state index contributed by atoms with van der Waals surface area (Å²) in [5.41, 5.74) is 1.52. The van der Waals surface area contributed by atoms with Crippen molar-refractivity contribution in [2.24, 2.45) is 5.41 Å². The molecule has 1 aliphatic rings. The van der Waals surface area contributed by atoms with E-state index in [-0.39, 0.29) is 17.4 Å². The first-order valence-electron chi connectivity index (χ1n) is 8.48. The summed E-state index contributed by atoms with van der Waals surface area (Å²) >= 11 is 0. The highest BCUT2D eigenvalue weighted by Crippen LogP contribution is 2.40. The van der Waals surface area contributed by atoms with Crippen molar-refractivity contribution in [3.63, 3.8) is 0 Å². The summed E-state index contributed by atoms with van der Waals surface area (Å²) in [7, 11) is 0. The van der Waals surface area contributed by atoms with Crippen LogP contribution in [0.2, 0.25) is 0 Å². The second-order valence-electron chi connectivity index (χ2n) is 6.80. The summed E-state index contributed by atoms with van der Waals surface area (Å²) in [6.45, 7) is 2.15. The maximum Gasteiger partial charge on any atom is 0.271 e. The lowest BCUT2D eigenvalue weighted by Crippen LogP contribution is -2.44. The molecule has 1 saturated carbocycles. The fourth-order valence-electron chi connectivity index (χ4n) is 3.46. The van der Waals surface area contributed by atoms with Crippen LogP contribution >= 0.6 is 0 Å². The van der Waals surface area contributed by atoms with Gasteiger partial charge >= 0.3 is 0 Å². The molecule has 2 N–H and O–H groups in total. The van der Waals surface area contributed by atoms with Crippen molar-refractivity contribution in [3.05, 3.63) is 59.4 Å². The Hall–Kier alpha value is -2.34. The van der Waals surface area contributed by atoms with Gasteiger partial charge < -0.3 is 10.4 Å². The SMILES string of the molecule is Cc1cnc(C(=O)NC[C@@]2(Cc3ccc(F)cc3)CCC[C@H]2O)cn1. The van der Waals surface area contributed by atoms with Crippen molar-refractivity contribution in [3.8, 4) is 0 Å². The van der Waals surface area contributed by atoms with E-state index in [1.54, 1.807) is 25.3 Å². The van der Waals surface area contributed by atoms with Crippen LogP contribution in [0.5, 0.6) is 0 Å². The first-order chi connectivity index (χ1) is 12.0. The van der Waals surface area contributed by atoms with Gasteiger partial charge in [0.15, 0.2) is 0 Å². The Morgan fingerprint density at radius 2 is 2.08 bits per heavy atom. The summed E-state index contributed by atoms with van der Waals surface area (Å²) in [5.74, 6) is -0.582. The molecule has 0 bridgehead atoms. The molecule has 0 saturated heterocycles. The lowest BCUT2D eigenvalue weighted by molar-refractivity contribution is 0.0499. The zero-order valence-electron chi connectivity index (χ0n) is 14.2. The van der Waals surface area contributed by atoms with Gasteiger partial charge in [0.2, 0.25) is 0 Å². The Kier molecular flexibility index (Phi) is 5.08. The number of rotatable bonds is 5. The number of amides is 1. The van der Waals surface area contributed by atoms with Crippen LogP contribution in [0, 0.1) is 18.2 Å². The molecule has 2 aromatic rings. The highest BCUT2D eigenvalue weighted by Gasteiger charge is 2.42. The minimum Gasteiger partial charge on any atom is -0.392 e. The molecule has 6 heteroatoms. The van der Waals surface area contributed by atoms with Gasteiger partial charge in [-0.3, -0.25) is 9.78 Å². The van der Waals surface area contributed by atoms with Crippen LogP contribution in [0.3, 0.4) is 0 Å². The zero-order valence-corrected chi connectivity index (χ0v) is 14.2. The largest absolute Gasteiger partial charge is 0.392 e. The molecular formula is C19H22FN3O2. The van der Waals surface area contributed by atoms with Gasteiger partial charge in [-0.25, -0.2) is 9.37 Å². The maximum absolute atomic E-state index is 13.1. The van der Waals surface area contributed by atoms with E-state index in [2.05, 4.69) is 15.3 Å². The Labute approximate surface area is 146 Å². The molecule has 0 spiro atoms. The molecule has 1 heterocycles. The van der Waals surface area contributed by atoms with E-state index in [9.17, 15) is 14.3 Å². The summed E-state index contributed by atoms with van der Waals surface area (Å²) in [6, 6.07) is 6.31. The fraction of sp³-hybridized carbons (Fsp3) is 0.421.